The van der Waals surface area contributed by atoms with Crippen LogP contribution in [0.3, 0.4) is 0 Å². The maximum absolute atomic E-state index is 2.45. The van der Waals surface area contributed by atoms with Gasteiger partial charge in [0, 0.05) is 0 Å². The summed E-state index contributed by atoms with van der Waals surface area (Å²) in [4.78, 5) is 0. The van der Waals surface area contributed by atoms with E-state index in [1.165, 1.54) is 19.3 Å². The first kappa shape index (κ1) is 8.59. The summed E-state index contributed by atoms with van der Waals surface area (Å²) in [6, 6.07) is 0. The van der Waals surface area contributed by atoms with Gasteiger partial charge >= 0.3 is 0 Å². The average Bonchev–Trinajstić information content (AvgIpc) is 2.50. The van der Waals surface area contributed by atoms with E-state index in [0.717, 1.165) is 17.3 Å². The molecule has 2 aliphatic rings. The zero-order valence-electron chi connectivity index (χ0n) is 8.60. The molecule has 3 atom stereocenters. The van der Waals surface area contributed by atoms with E-state index in [2.05, 4.69) is 13.8 Å². The highest BCUT2D eigenvalue weighted by Gasteiger charge is 2.54. The highest BCUT2D eigenvalue weighted by atomic mass is 14.6. The highest BCUT2D eigenvalue weighted by Crippen LogP contribution is 2.64. The SMILES string of the molecule is CCCCC1CCC2(C1)CC2C. The zero-order valence-corrected chi connectivity index (χ0v) is 8.60. The van der Waals surface area contributed by atoms with Gasteiger partial charge in [-0.05, 0) is 42.9 Å². The molecular weight excluding hydrogens is 144 g/mol. The molecule has 0 aromatic carbocycles. The van der Waals surface area contributed by atoms with Gasteiger partial charge in [-0.25, -0.2) is 0 Å². The van der Waals surface area contributed by atoms with Gasteiger partial charge in [0.2, 0.25) is 0 Å². The van der Waals surface area contributed by atoms with Crippen LogP contribution in [0.15, 0.2) is 0 Å². The fourth-order valence-corrected chi connectivity index (χ4v) is 3.19. The molecule has 3 unspecified atom stereocenters. The van der Waals surface area contributed by atoms with E-state index >= 15 is 0 Å². The van der Waals surface area contributed by atoms with Crippen LogP contribution in [-0.4, -0.2) is 0 Å². The predicted molar refractivity (Wildman–Crippen MR) is 53.1 cm³/mol. The Hall–Kier alpha value is 0. The second kappa shape index (κ2) is 3.05. The summed E-state index contributed by atoms with van der Waals surface area (Å²) in [6.45, 7) is 4.76. The first-order valence-corrected chi connectivity index (χ1v) is 5.77. The van der Waals surface area contributed by atoms with Crippen LogP contribution in [0.25, 0.3) is 0 Å². The summed E-state index contributed by atoms with van der Waals surface area (Å²) in [5, 5.41) is 0. The van der Waals surface area contributed by atoms with Gasteiger partial charge in [-0.1, -0.05) is 33.1 Å². The molecule has 0 heteroatoms. The van der Waals surface area contributed by atoms with Crippen LogP contribution in [0.4, 0.5) is 0 Å². The van der Waals surface area contributed by atoms with E-state index in [-0.39, 0.29) is 0 Å². The van der Waals surface area contributed by atoms with E-state index in [1.807, 2.05) is 0 Å². The smallest absolute Gasteiger partial charge is 0.0266 e. The number of hydrogen-bond donors (Lipinski definition) is 0. The van der Waals surface area contributed by atoms with Crippen molar-refractivity contribution in [3.05, 3.63) is 0 Å². The van der Waals surface area contributed by atoms with Crippen LogP contribution < -0.4 is 0 Å². The minimum Gasteiger partial charge on any atom is -0.0654 e. The lowest BCUT2D eigenvalue weighted by Gasteiger charge is -2.09. The third-order valence-electron chi connectivity index (χ3n) is 4.31. The van der Waals surface area contributed by atoms with E-state index in [0.29, 0.717) is 0 Å². The third-order valence-corrected chi connectivity index (χ3v) is 4.31. The minimum atomic E-state index is 0.873. The molecule has 1 spiro atoms. The molecule has 0 aromatic rings. The summed E-state index contributed by atoms with van der Waals surface area (Å²) < 4.78 is 0. The van der Waals surface area contributed by atoms with Crippen molar-refractivity contribution >= 4 is 0 Å². The van der Waals surface area contributed by atoms with Crippen molar-refractivity contribution in [1.82, 2.24) is 0 Å². The molecule has 0 nitrogen and oxygen atoms in total. The maximum Gasteiger partial charge on any atom is -0.0266 e. The molecule has 0 amide bonds. The molecule has 0 saturated heterocycles. The van der Waals surface area contributed by atoms with E-state index < -0.39 is 0 Å². The van der Waals surface area contributed by atoms with Crippen LogP contribution in [0, 0.1) is 17.3 Å². The van der Waals surface area contributed by atoms with Crippen molar-refractivity contribution in [1.29, 1.82) is 0 Å². The van der Waals surface area contributed by atoms with Crippen LogP contribution >= 0.6 is 0 Å². The lowest BCUT2D eigenvalue weighted by molar-refractivity contribution is 0.422. The molecule has 0 radical (unpaired) electrons. The molecule has 0 heterocycles. The van der Waals surface area contributed by atoms with E-state index in [1.54, 1.807) is 25.7 Å². The second-order valence-corrected chi connectivity index (χ2v) is 5.22. The van der Waals surface area contributed by atoms with Crippen LogP contribution in [-0.2, 0) is 0 Å². The Balaban J connectivity index is 1.76. The summed E-state index contributed by atoms with van der Waals surface area (Å²) in [5.74, 6) is 2.18. The zero-order chi connectivity index (χ0) is 8.60. The van der Waals surface area contributed by atoms with Gasteiger partial charge in [0.05, 0.1) is 0 Å². The first-order valence-electron chi connectivity index (χ1n) is 5.77. The molecule has 0 aliphatic heterocycles. The lowest BCUT2D eigenvalue weighted by atomic mass is 9.97. The molecule has 2 aliphatic carbocycles. The normalized spacial score (nSPS) is 45.5. The van der Waals surface area contributed by atoms with Crippen molar-refractivity contribution < 1.29 is 0 Å². The lowest BCUT2D eigenvalue weighted by Crippen LogP contribution is -1.98. The highest BCUT2D eigenvalue weighted by molar-refractivity contribution is 5.04. The quantitative estimate of drug-likeness (QED) is 0.594. The van der Waals surface area contributed by atoms with Gasteiger partial charge in [0.25, 0.3) is 0 Å². The molecule has 2 saturated carbocycles. The first-order chi connectivity index (χ1) is 5.77. The van der Waals surface area contributed by atoms with Gasteiger partial charge < -0.3 is 0 Å². The fraction of sp³-hybridized carbons (Fsp3) is 1.00. The van der Waals surface area contributed by atoms with Crippen molar-refractivity contribution in [2.75, 3.05) is 0 Å². The second-order valence-electron chi connectivity index (χ2n) is 5.22. The number of hydrogen-bond acceptors (Lipinski definition) is 0. The Labute approximate surface area is 76.7 Å². The molecule has 12 heavy (non-hydrogen) atoms. The van der Waals surface area contributed by atoms with Crippen LogP contribution in [0.2, 0.25) is 0 Å². The predicted octanol–water partition coefficient (Wildman–Crippen LogP) is 4.00. The summed E-state index contributed by atoms with van der Waals surface area (Å²) in [6.07, 6.45) is 10.6. The molecule has 2 rings (SSSR count). The molecular formula is C12H22. The van der Waals surface area contributed by atoms with E-state index in [4.69, 9.17) is 0 Å². The van der Waals surface area contributed by atoms with E-state index in [9.17, 15) is 0 Å². The molecule has 70 valence electrons. The Kier molecular flexibility index (Phi) is 2.18. The van der Waals surface area contributed by atoms with Gasteiger partial charge in [-0.15, -0.1) is 0 Å². The Morgan fingerprint density at radius 2 is 2.08 bits per heavy atom. The van der Waals surface area contributed by atoms with Gasteiger partial charge in [0.1, 0.15) is 0 Å². The number of unbranched alkanes of at least 4 members (excludes halogenated alkanes) is 1. The third kappa shape index (κ3) is 1.41. The van der Waals surface area contributed by atoms with Crippen LogP contribution in [0.1, 0.15) is 58.8 Å². The summed E-state index contributed by atoms with van der Waals surface area (Å²) >= 11 is 0. The Morgan fingerprint density at radius 1 is 1.33 bits per heavy atom. The molecule has 0 aromatic heterocycles. The molecule has 2 fully saturated rings. The van der Waals surface area contributed by atoms with Crippen molar-refractivity contribution in [3.63, 3.8) is 0 Å². The largest absolute Gasteiger partial charge is 0.0654 e. The standard InChI is InChI=1S/C12H22/c1-3-4-5-11-6-7-12(9-11)8-10(12)2/h10-11H,3-9H2,1-2H3. The minimum absolute atomic E-state index is 0.873. The summed E-state index contributed by atoms with van der Waals surface area (Å²) in [7, 11) is 0. The Bertz CT molecular complexity index is 159. The van der Waals surface area contributed by atoms with Crippen molar-refractivity contribution in [2.45, 2.75) is 58.8 Å². The maximum atomic E-state index is 2.45. The number of rotatable bonds is 3. The van der Waals surface area contributed by atoms with Gasteiger partial charge in [0.15, 0.2) is 0 Å². The Morgan fingerprint density at radius 3 is 2.58 bits per heavy atom. The fourth-order valence-electron chi connectivity index (χ4n) is 3.19. The van der Waals surface area contributed by atoms with Crippen molar-refractivity contribution in [3.8, 4) is 0 Å². The monoisotopic (exact) mass is 166 g/mol. The topological polar surface area (TPSA) is 0 Å². The summed E-state index contributed by atoms with van der Waals surface area (Å²) in [5.41, 5.74) is 0.873. The average molecular weight is 166 g/mol. The molecule has 0 N–H and O–H groups in total. The van der Waals surface area contributed by atoms with Gasteiger partial charge in [-0.3, -0.25) is 0 Å². The van der Waals surface area contributed by atoms with Crippen molar-refractivity contribution in [2.24, 2.45) is 17.3 Å². The van der Waals surface area contributed by atoms with Gasteiger partial charge in [-0.2, -0.15) is 0 Å². The van der Waals surface area contributed by atoms with Crippen LogP contribution in [0.5, 0.6) is 0 Å². The molecule has 0 bridgehead atoms.